The molecule has 6 heteroatoms. The number of halogens is 3. The molecule has 0 atom stereocenters. The predicted octanol–water partition coefficient (Wildman–Crippen LogP) is 6.51. The molecule has 0 aliphatic heterocycles. The third-order valence-corrected chi connectivity index (χ3v) is 5.37. The van der Waals surface area contributed by atoms with Crippen molar-refractivity contribution in [3.63, 3.8) is 0 Å². The Kier molecular flexibility index (Phi) is 6.72. The highest BCUT2D eigenvalue weighted by atomic mass is 19.4. The van der Waals surface area contributed by atoms with Crippen LogP contribution in [0, 0.1) is 0 Å². The van der Waals surface area contributed by atoms with E-state index in [-0.39, 0.29) is 12.5 Å². The summed E-state index contributed by atoms with van der Waals surface area (Å²) in [7, 11) is 0. The molecule has 0 bridgehead atoms. The summed E-state index contributed by atoms with van der Waals surface area (Å²) in [5.41, 5.74) is 2.19. The molecule has 0 unspecified atom stereocenters. The molecular weight excluding hydrogens is 379 g/mol. The quantitative estimate of drug-likeness (QED) is 0.313. The fourth-order valence-electron chi connectivity index (χ4n) is 3.77. The van der Waals surface area contributed by atoms with Gasteiger partial charge in [-0.05, 0) is 48.4 Å². The molecule has 0 amide bonds. The van der Waals surface area contributed by atoms with Gasteiger partial charge in [0.15, 0.2) is 0 Å². The number of rotatable bonds is 6. The maximum absolute atomic E-state index is 13.6. The monoisotopic (exact) mass is 403 g/mol. The minimum Gasteiger partial charge on any atom is -0.391 e. The maximum atomic E-state index is 13.6. The first kappa shape index (κ1) is 21.1. The van der Waals surface area contributed by atoms with Crippen LogP contribution in [0.5, 0.6) is 0 Å². The van der Waals surface area contributed by atoms with Crippen LogP contribution in [-0.4, -0.2) is 12.0 Å². The van der Waals surface area contributed by atoms with E-state index in [1.807, 2.05) is 0 Å². The van der Waals surface area contributed by atoms with Gasteiger partial charge in [-0.3, -0.25) is 4.79 Å². The van der Waals surface area contributed by atoms with E-state index in [0.29, 0.717) is 22.4 Å². The zero-order valence-electron chi connectivity index (χ0n) is 16.3. The number of hydrogen-bond acceptors (Lipinski definition) is 3. The van der Waals surface area contributed by atoms with E-state index in [2.05, 4.69) is 5.16 Å². The van der Waals surface area contributed by atoms with Crippen molar-refractivity contribution in [3.8, 4) is 0 Å². The third kappa shape index (κ3) is 5.46. The first-order valence-electron chi connectivity index (χ1n) is 9.80. The average molecular weight is 403 g/mol. The molecule has 3 nitrogen and oxygen atoms in total. The van der Waals surface area contributed by atoms with Gasteiger partial charge < -0.3 is 4.84 Å². The smallest absolute Gasteiger partial charge is 0.391 e. The van der Waals surface area contributed by atoms with Crippen LogP contribution in [0.4, 0.5) is 13.2 Å². The minimum absolute atomic E-state index is 0.0232. The molecule has 1 fully saturated rings. The van der Waals surface area contributed by atoms with Gasteiger partial charge >= 0.3 is 6.18 Å². The first-order chi connectivity index (χ1) is 13.9. The molecule has 0 saturated heterocycles. The van der Waals surface area contributed by atoms with E-state index in [9.17, 15) is 18.0 Å². The molecule has 1 aliphatic carbocycles. The maximum Gasteiger partial charge on any atom is 0.416 e. The van der Waals surface area contributed by atoms with Crippen molar-refractivity contribution in [2.75, 3.05) is 0 Å². The second-order valence-electron chi connectivity index (χ2n) is 7.44. The lowest BCUT2D eigenvalue weighted by Crippen LogP contribution is -2.15. The highest BCUT2D eigenvalue weighted by Gasteiger charge is 2.35. The zero-order valence-corrected chi connectivity index (χ0v) is 16.3. The SMILES string of the molecule is CC(=NOCc1ccc(C2CCCCC2)c(C(F)(F)F)c1)c1ccc(C=O)cc1. The van der Waals surface area contributed by atoms with Crippen LogP contribution < -0.4 is 0 Å². The standard InChI is InChI=1S/C23H24F3NO2/c1-16(19-10-7-17(14-28)8-11-19)27-29-15-18-9-12-21(20-5-3-2-4-6-20)22(13-18)23(24,25)26/h7-14,20H,2-6,15H2,1H3. The lowest BCUT2D eigenvalue weighted by atomic mass is 9.81. The molecule has 3 rings (SSSR count). The Morgan fingerprint density at radius 3 is 2.41 bits per heavy atom. The van der Waals surface area contributed by atoms with Gasteiger partial charge in [0.05, 0.1) is 11.3 Å². The molecule has 1 aliphatic rings. The Bertz CT molecular complexity index is 867. The molecule has 0 N–H and O–H groups in total. The average Bonchev–Trinajstić information content (AvgIpc) is 2.73. The fraction of sp³-hybridized carbons (Fsp3) is 0.391. The van der Waals surface area contributed by atoms with E-state index in [1.165, 1.54) is 6.07 Å². The number of oxime groups is 1. The van der Waals surface area contributed by atoms with Crippen molar-refractivity contribution in [2.45, 2.75) is 57.7 Å². The molecule has 0 radical (unpaired) electrons. The first-order valence-corrected chi connectivity index (χ1v) is 9.80. The fourth-order valence-corrected chi connectivity index (χ4v) is 3.77. The summed E-state index contributed by atoms with van der Waals surface area (Å²) < 4.78 is 40.9. The van der Waals surface area contributed by atoms with Crippen molar-refractivity contribution in [2.24, 2.45) is 5.16 Å². The Labute approximate surface area is 168 Å². The van der Waals surface area contributed by atoms with E-state index in [0.717, 1.165) is 44.0 Å². The summed E-state index contributed by atoms with van der Waals surface area (Å²) in [6.45, 7) is 1.70. The number of carbonyl (C=O) groups excluding carboxylic acids is 1. The number of benzene rings is 2. The van der Waals surface area contributed by atoms with Crippen LogP contribution in [-0.2, 0) is 17.6 Å². The Morgan fingerprint density at radius 1 is 1.10 bits per heavy atom. The summed E-state index contributed by atoms with van der Waals surface area (Å²) >= 11 is 0. The van der Waals surface area contributed by atoms with Gasteiger partial charge in [-0.1, -0.05) is 60.8 Å². The highest BCUT2D eigenvalue weighted by molar-refractivity contribution is 5.98. The number of nitrogens with zero attached hydrogens (tertiary/aromatic N) is 1. The van der Waals surface area contributed by atoms with Gasteiger partial charge in [-0.25, -0.2) is 0 Å². The number of carbonyl (C=O) groups is 1. The molecule has 2 aromatic carbocycles. The van der Waals surface area contributed by atoms with Gasteiger partial charge in [0.1, 0.15) is 12.9 Å². The van der Waals surface area contributed by atoms with Crippen LogP contribution in [0.15, 0.2) is 47.6 Å². The zero-order chi connectivity index (χ0) is 20.9. The summed E-state index contributed by atoms with van der Waals surface area (Å²) in [5, 5.41) is 4.00. The number of alkyl halides is 3. The lowest BCUT2D eigenvalue weighted by Gasteiger charge is -2.25. The second-order valence-corrected chi connectivity index (χ2v) is 7.44. The Balaban J connectivity index is 1.72. The molecule has 29 heavy (non-hydrogen) atoms. The largest absolute Gasteiger partial charge is 0.416 e. The van der Waals surface area contributed by atoms with E-state index >= 15 is 0 Å². The summed E-state index contributed by atoms with van der Waals surface area (Å²) in [6, 6.07) is 11.3. The van der Waals surface area contributed by atoms with Crippen LogP contribution >= 0.6 is 0 Å². The van der Waals surface area contributed by atoms with Crippen molar-refractivity contribution in [1.82, 2.24) is 0 Å². The molecule has 2 aromatic rings. The van der Waals surface area contributed by atoms with Gasteiger partial charge in [-0.15, -0.1) is 0 Å². The Morgan fingerprint density at radius 2 is 1.79 bits per heavy atom. The van der Waals surface area contributed by atoms with Crippen molar-refractivity contribution in [1.29, 1.82) is 0 Å². The van der Waals surface area contributed by atoms with E-state index in [4.69, 9.17) is 4.84 Å². The molecule has 0 spiro atoms. The molecular formula is C23H24F3NO2. The summed E-state index contributed by atoms with van der Waals surface area (Å²) in [5.74, 6) is -0.0232. The molecule has 0 heterocycles. The van der Waals surface area contributed by atoms with Crippen LogP contribution in [0.1, 0.15) is 77.6 Å². The predicted molar refractivity (Wildman–Crippen MR) is 106 cm³/mol. The second kappa shape index (κ2) is 9.25. The number of aldehydes is 1. The highest BCUT2D eigenvalue weighted by Crippen LogP contribution is 2.41. The topological polar surface area (TPSA) is 38.7 Å². The molecule has 154 valence electrons. The van der Waals surface area contributed by atoms with Crippen molar-refractivity contribution in [3.05, 3.63) is 70.3 Å². The minimum atomic E-state index is -4.39. The summed E-state index contributed by atoms with van der Waals surface area (Å²) in [6.07, 6.45) is 1.04. The van der Waals surface area contributed by atoms with E-state index < -0.39 is 11.7 Å². The number of hydrogen-bond donors (Lipinski definition) is 0. The molecule has 1 saturated carbocycles. The Hall–Kier alpha value is -2.63. The summed E-state index contributed by atoms with van der Waals surface area (Å²) in [4.78, 5) is 16.0. The van der Waals surface area contributed by atoms with Crippen LogP contribution in [0.3, 0.4) is 0 Å². The van der Waals surface area contributed by atoms with Gasteiger partial charge in [0, 0.05) is 5.56 Å². The van der Waals surface area contributed by atoms with Crippen molar-refractivity contribution < 1.29 is 22.8 Å². The third-order valence-electron chi connectivity index (χ3n) is 5.37. The van der Waals surface area contributed by atoms with Gasteiger partial charge in [-0.2, -0.15) is 13.2 Å². The normalized spacial score (nSPS) is 15.9. The van der Waals surface area contributed by atoms with Gasteiger partial charge in [0.25, 0.3) is 0 Å². The van der Waals surface area contributed by atoms with Crippen LogP contribution in [0.2, 0.25) is 0 Å². The van der Waals surface area contributed by atoms with Gasteiger partial charge in [0.2, 0.25) is 0 Å². The molecule has 0 aromatic heterocycles. The van der Waals surface area contributed by atoms with E-state index in [1.54, 1.807) is 43.3 Å². The van der Waals surface area contributed by atoms with Crippen LogP contribution in [0.25, 0.3) is 0 Å². The van der Waals surface area contributed by atoms with Crippen molar-refractivity contribution >= 4 is 12.0 Å². The lowest BCUT2D eigenvalue weighted by molar-refractivity contribution is -0.138.